The van der Waals surface area contributed by atoms with Crippen LogP contribution in [0.15, 0.2) is 54.0 Å². The summed E-state index contributed by atoms with van der Waals surface area (Å²) in [5, 5.41) is 10.3. The van der Waals surface area contributed by atoms with Gasteiger partial charge < -0.3 is 15.0 Å². The summed E-state index contributed by atoms with van der Waals surface area (Å²) in [6.45, 7) is 4.01. The minimum absolute atomic E-state index is 0.189. The highest BCUT2D eigenvalue weighted by atomic mass is 32.1. The smallest absolute Gasteiger partial charge is 0.224 e. The number of benzene rings is 1. The van der Waals surface area contributed by atoms with Gasteiger partial charge in [-0.15, -0.1) is 11.3 Å². The van der Waals surface area contributed by atoms with E-state index in [9.17, 15) is 4.79 Å². The second kappa shape index (κ2) is 9.14. The predicted octanol–water partition coefficient (Wildman–Crippen LogP) is 2.94. The van der Waals surface area contributed by atoms with Crippen molar-refractivity contribution in [3.63, 3.8) is 0 Å². The van der Waals surface area contributed by atoms with E-state index in [-0.39, 0.29) is 5.91 Å². The molecule has 0 atom stereocenters. The Morgan fingerprint density at radius 3 is 2.71 bits per heavy atom. The van der Waals surface area contributed by atoms with Crippen molar-refractivity contribution >= 4 is 17.2 Å². The maximum Gasteiger partial charge on any atom is 0.224 e. The zero-order valence-corrected chi connectivity index (χ0v) is 16.5. The molecule has 7 heteroatoms. The van der Waals surface area contributed by atoms with Crippen LogP contribution in [0, 0.1) is 0 Å². The van der Waals surface area contributed by atoms with E-state index in [1.165, 1.54) is 0 Å². The molecule has 3 heterocycles. The van der Waals surface area contributed by atoms with Crippen LogP contribution in [0.1, 0.15) is 12.0 Å². The molecule has 28 heavy (non-hydrogen) atoms. The number of ether oxygens (including phenoxy) is 1. The first-order chi connectivity index (χ1) is 13.8. The quantitative estimate of drug-likeness (QED) is 0.624. The van der Waals surface area contributed by atoms with Crippen molar-refractivity contribution in [1.29, 1.82) is 0 Å². The zero-order chi connectivity index (χ0) is 19.2. The minimum atomic E-state index is 0.189. The monoisotopic (exact) mass is 396 g/mol. The van der Waals surface area contributed by atoms with E-state index in [0.29, 0.717) is 45.8 Å². The highest BCUT2D eigenvalue weighted by Gasteiger charge is 2.17. The number of aromatic nitrogens is 2. The Bertz CT molecular complexity index is 887. The fourth-order valence-corrected chi connectivity index (χ4v) is 4.01. The maximum atomic E-state index is 12.3. The molecule has 6 nitrogen and oxygen atoms in total. The van der Waals surface area contributed by atoms with E-state index in [1.54, 1.807) is 11.3 Å². The Morgan fingerprint density at radius 1 is 1.14 bits per heavy atom. The van der Waals surface area contributed by atoms with E-state index in [1.807, 2.05) is 46.0 Å². The third-order valence-electron chi connectivity index (χ3n) is 4.76. The fraction of sp³-hybridized carbons (Fsp3) is 0.333. The average Bonchev–Trinajstić information content (AvgIpc) is 3.42. The van der Waals surface area contributed by atoms with Crippen LogP contribution in [0.2, 0.25) is 0 Å². The highest BCUT2D eigenvalue weighted by Crippen LogP contribution is 2.27. The molecule has 2 aromatic heterocycles. The summed E-state index contributed by atoms with van der Waals surface area (Å²) in [6, 6.07) is 14.2. The predicted molar refractivity (Wildman–Crippen MR) is 111 cm³/mol. The summed E-state index contributed by atoms with van der Waals surface area (Å²) in [7, 11) is 0. The largest absolute Gasteiger partial charge is 0.378 e. The number of carbonyl (C=O) groups excluding carboxylic acids is 1. The lowest BCUT2D eigenvalue weighted by molar-refractivity contribution is -0.135. The zero-order valence-electron chi connectivity index (χ0n) is 15.7. The van der Waals surface area contributed by atoms with Gasteiger partial charge in [0, 0.05) is 44.4 Å². The summed E-state index contributed by atoms with van der Waals surface area (Å²) in [4.78, 5) is 15.3. The highest BCUT2D eigenvalue weighted by molar-refractivity contribution is 7.13. The molecular weight excluding hydrogens is 372 g/mol. The lowest BCUT2D eigenvalue weighted by Gasteiger charge is -2.26. The number of carbonyl (C=O) groups is 1. The molecular formula is C21H24N4O2S. The molecule has 3 aromatic rings. The lowest BCUT2D eigenvalue weighted by atomic mass is 10.2. The van der Waals surface area contributed by atoms with Crippen molar-refractivity contribution < 1.29 is 9.53 Å². The van der Waals surface area contributed by atoms with Gasteiger partial charge in [0.15, 0.2) is 0 Å². The summed E-state index contributed by atoms with van der Waals surface area (Å²) in [5.74, 6) is 0.189. The molecule has 0 aliphatic carbocycles. The molecule has 1 aromatic carbocycles. The van der Waals surface area contributed by atoms with Crippen LogP contribution in [0.5, 0.6) is 0 Å². The fourth-order valence-electron chi connectivity index (χ4n) is 3.26. The number of hydrogen-bond acceptors (Lipinski definition) is 5. The van der Waals surface area contributed by atoms with Gasteiger partial charge in [-0.3, -0.25) is 4.79 Å². The SMILES string of the molecule is O=C(CCNCc1cn(-c2ccccc2)nc1-c1cccs1)N1CCOCC1. The number of nitrogens with one attached hydrogen (secondary N) is 1. The van der Waals surface area contributed by atoms with E-state index in [4.69, 9.17) is 9.84 Å². The van der Waals surface area contributed by atoms with Crippen LogP contribution in [0.25, 0.3) is 16.3 Å². The van der Waals surface area contributed by atoms with Crippen LogP contribution in [-0.2, 0) is 16.1 Å². The summed E-state index contributed by atoms with van der Waals surface area (Å²) in [6.07, 6.45) is 2.57. The molecule has 1 amide bonds. The maximum absolute atomic E-state index is 12.3. The number of para-hydroxylation sites is 1. The van der Waals surface area contributed by atoms with Crippen molar-refractivity contribution in [3.05, 3.63) is 59.6 Å². The molecule has 146 valence electrons. The standard InChI is InChI=1S/C21H24N4O2S/c26-20(24-10-12-27-13-11-24)8-9-22-15-17-16-25(18-5-2-1-3-6-18)23-21(17)19-7-4-14-28-19/h1-7,14,16,22H,8-13,15H2. The Labute approximate surface area is 168 Å². The number of morpholine rings is 1. The van der Waals surface area contributed by atoms with Crippen molar-refractivity contribution in [2.75, 3.05) is 32.8 Å². The van der Waals surface area contributed by atoms with Crippen molar-refractivity contribution in [2.45, 2.75) is 13.0 Å². The Hall–Kier alpha value is -2.48. The van der Waals surface area contributed by atoms with Gasteiger partial charge in [-0.2, -0.15) is 5.10 Å². The molecule has 1 saturated heterocycles. The Kier molecular flexibility index (Phi) is 6.16. The molecule has 0 bridgehead atoms. The van der Waals surface area contributed by atoms with Crippen LogP contribution in [0.3, 0.4) is 0 Å². The number of hydrogen-bond donors (Lipinski definition) is 1. The van der Waals surface area contributed by atoms with Gasteiger partial charge in [-0.25, -0.2) is 4.68 Å². The number of rotatable bonds is 7. The topological polar surface area (TPSA) is 59.4 Å². The van der Waals surface area contributed by atoms with Crippen molar-refractivity contribution in [3.8, 4) is 16.3 Å². The Morgan fingerprint density at radius 2 is 1.96 bits per heavy atom. The second-order valence-electron chi connectivity index (χ2n) is 6.68. The van der Waals surface area contributed by atoms with Crippen LogP contribution in [0.4, 0.5) is 0 Å². The van der Waals surface area contributed by atoms with Crippen LogP contribution >= 0.6 is 11.3 Å². The molecule has 0 radical (unpaired) electrons. The summed E-state index contributed by atoms with van der Waals surface area (Å²) < 4.78 is 7.22. The third kappa shape index (κ3) is 4.49. The van der Waals surface area contributed by atoms with Gasteiger partial charge in [0.1, 0.15) is 5.69 Å². The minimum Gasteiger partial charge on any atom is -0.378 e. The van der Waals surface area contributed by atoms with Gasteiger partial charge >= 0.3 is 0 Å². The van der Waals surface area contributed by atoms with Gasteiger partial charge in [0.2, 0.25) is 5.91 Å². The van der Waals surface area contributed by atoms with E-state index in [2.05, 4.69) is 23.0 Å². The first kappa shape index (κ1) is 18.9. The van der Waals surface area contributed by atoms with Gasteiger partial charge in [-0.1, -0.05) is 24.3 Å². The summed E-state index contributed by atoms with van der Waals surface area (Å²) >= 11 is 1.69. The molecule has 4 rings (SSSR count). The molecule has 0 spiro atoms. The lowest BCUT2D eigenvalue weighted by Crippen LogP contribution is -2.41. The normalized spacial score (nSPS) is 14.4. The number of thiophene rings is 1. The molecule has 0 saturated carbocycles. The van der Waals surface area contributed by atoms with Crippen molar-refractivity contribution in [2.24, 2.45) is 0 Å². The second-order valence-corrected chi connectivity index (χ2v) is 7.63. The van der Waals surface area contributed by atoms with E-state index >= 15 is 0 Å². The molecule has 1 aliphatic heterocycles. The third-order valence-corrected chi connectivity index (χ3v) is 5.64. The van der Waals surface area contributed by atoms with E-state index in [0.717, 1.165) is 21.8 Å². The molecule has 0 unspecified atom stereocenters. The van der Waals surface area contributed by atoms with Gasteiger partial charge in [0.25, 0.3) is 0 Å². The van der Waals surface area contributed by atoms with Crippen molar-refractivity contribution in [1.82, 2.24) is 20.0 Å². The Balaban J connectivity index is 1.40. The molecule has 1 N–H and O–H groups in total. The first-order valence-corrected chi connectivity index (χ1v) is 10.4. The van der Waals surface area contributed by atoms with E-state index < -0.39 is 0 Å². The molecule has 1 fully saturated rings. The van der Waals surface area contributed by atoms with Gasteiger partial charge in [-0.05, 0) is 23.6 Å². The summed E-state index contributed by atoms with van der Waals surface area (Å²) in [5.41, 5.74) is 3.16. The first-order valence-electron chi connectivity index (χ1n) is 9.55. The van der Waals surface area contributed by atoms with Crippen LogP contribution in [-0.4, -0.2) is 53.4 Å². The van der Waals surface area contributed by atoms with Gasteiger partial charge in [0.05, 0.1) is 23.8 Å². The molecule has 1 aliphatic rings. The number of nitrogens with zero attached hydrogens (tertiary/aromatic N) is 3. The number of amides is 1. The average molecular weight is 397 g/mol. The van der Waals surface area contributed by atoms with Crippen LogP contribution < -0.4 is 5.32 Å².